The zero-order valence-corrected chi connectivity index (χ0v) is 12.2. The molecule has 0 atom stereocenters. The fourth-order valence-corrected chi connectivity index (χ4v) is 6.57. The molecule has 100 valence electrons. The molecule has 0 unspecified atom stereocenters. The smallest absolute Gasteiger partial charge is 0.230 e. The first-order chi connectivity index (χ1) is 8.63. The second-order valence-electron chi connectivity index (χ2n) is 4.95. The molecule has 2 aliphatic heterocycles. The van der Waals surface area contributed by atoms with Crippen molar-refractivity contribution in [1.82, 2.24) is 0 Å². The third-order valence-electron chi connectivity index (χ3n) is 3.41. The Hall–Kier alpha value is -0.290. The summed E-state index contributed by atoms with van der Waals surface area (Å²) in [7, 11) is 0.321. The van der Waals surface area contributed by atoms with Gasteiger partial charge in [0.25, 0.3) is 0 Å². The quantitative estimate of drug-likeness (QED) is 0.709. The number of carbonyl (C=O) groups is 3. The normalized spacial score (nSPS) is 23.3. The number of hydrogen-bond donors (Lipinski definition) is 0. The highest BCUT2D eigenvalue weighted by Gasteiger charge is 2.33. The zero-order chi connectivity index (χ0) is 13.0. The average Bonchev–Trinajstić information content (AvgIpc) is 2.35. The van der Waals surface area contributed by atoms with E-state index in [0.29, 0.717) is 54.5 Å². The monoisotopic (exact) mass is 288 g/mol. The van der Waals surface area contributed by atoms with Gasteiger partial charge in [0.2, 0.25) is 5.78 Å². The van der Waals surface area contributed by atoms with Crippen LogP contribution < -0.4 is 0 Å². The first kappa shape index (κ1) is 14.1. The lowest BCUT2D eigenvalue weighted by atomic mass is 10.2. The summed E-state index contributed by atoms with van der Waals surface area (Å²) in [5.74, 6) is 6.17. The van der Waals surface area contributed by atoms with E-state index < -0.39 is 0 Å². The van der Waals surface area contributed by atoms with E-state index in [4.69, 9.17) is 0 Å². The molecule has 2 fully saturated rings. The Bertz CT molecular complexity index is 302. The molecule has 0 saturated carbocycles. The molecule has 0 N–H and O–H groups in total. The van der Waals surface area contributed by atoms with Gasteiger partial charge in [-0.15, -0.1) is 0 Å². The molecular weight excluding hydrogens is 268 g/mol. The Labute approximate surface area is 114 Å². The Morgan fingerprint density at radius 3 is 1.44 bits per heavy atom. The number of hydrogen-bond acceptors (Lipinski definition) is 3. The molecule has 0 aliphatic carbocycles. The minimum atomic E-state index is 0.160. The van der Waals surface area contributed by atoms with Crippen LogP contribution in [0.25, 0.3) is 0 Å². The number of Topliss-reactive ketones (excluding diaryl/α,β-unsaturated/α-hetero) is 3. The van der Waals surface area contributed by atoms with Crippen LogP contribution in [-0.2, 0) is 36.2 Å². The van der Waals surface area contributed by atoms with Gasteiger partial charge in [-0.1, -0.05) is 0 Å². The van der Waals surface area contributed by atoms with Crippen LogP contribution in [-0.4, -0.2) is 51.9 Å². The maximum Gasteiger partial charge on any atom is 0.230 e. The lowest BCUT2D eigenvalue weighted by Gasteiger charge is -2.14. The SMILES string of the molecule is O=C1CC[S+](CC(=O)C[S+]2CCC(=O)CC2)CC1. The van der Waals surface area contributed by atoms with Gasteiger partial charge in [0.1, 0.15) is 34.6 Å². The summed E-state index contributed by atoms with van der Waals surface area (Å²) >= 11 is 0. The Kier molecular flexibility index (Phi) is 5.30. The molecule has 2 aliphatic rings. The number of carbonyl (C=O) groups excluding carboxylic acids is 3. The number of ketones is 3. The third-order valence-corrected chi connectivity index (χ3v) is 7.99. The average molecular weight is 288 g/mol. The molecule has 0 aromatic heterocycles. The van der Waals surface area contributed by atoms with Crippen LogP contribution in [0, 0.1) is 0 Å². The van der Waals surface area contributed by atoms with E-state index in [1.807, 2.05) is 0 Å². The minimum absolute atomic E-state index is 0.160. The molecule has 18 heavy (non-hydrogen) atoms. The van der Waals surface area contributed by atoms with Crippen LogP contribution in [0.4, 0.5) is 0 Å². The van der Waals surface area contributed by atoms with Crippen molar-refractivity contribution in [2.45, 2.75) is 25.7 Å². The van der Waals surface area contributed by atoms with Crippen LogP contribution in [0.2, 0.25) is 0 Å². The largest absolute Gasteiger partial charge is 0.299 e. The van der Waals surface area contributed by atoms with Crippen LogP contribution in [0.5, 0.6) is 0 Å². The summed E-state index contributed by atoms with van der Waals surface area (Å²) in [6.07, 6.45) is 2.71. The minimum Gasteiger partial charge on any atom is -0.299 e. The second-order valence-corrected chi connectivity index (χ2v) is 9.61. The second kappa shape index (κ2) is 6.75. The molecule has 3 nitrogen and oxygen atoms in total. The van der Waals surface area contributed by atoms with Crippen molar-refractivity contribution in [2.24, 2.45) is 0 Å². The van der Waals surface area contributed by atoms with Gasteiger partial charge in [-0.05, 0) is 21.8 Å². The van der Waals surface area contributed by atoms with Crippen LogP contribution in [0.3, 0.4) is 0 Å². The zero-order valence-electron chi connectivity index (χ0n) is 10.6. The van der Waals surface area contributed by atoms with Gasteiger partial charge in [-0.3, -0.25) is 14.4 Å². The standard InChI is InChI=1S/C13H20O3S2/c14-11-1-5-17(6-2-11)9-13(16)10-18-7-3-12(15)4-8-18/h1-10H2/q+2. The molecule has 0 aromatic rings. The van der Waals surface area contributed by atoms with Crippen molar-refractivity contribution < 1.29 is 14.4 Å². The van der Waals surface area contributed by atoms with Crippen molar-refractivity contribution >= 4 is 39.1 Å². The van der Waals surface area contributed by atoms with Crippen LogP contribution in [0.1, 0.15) is 25.7 Å². The Balaban J connectivity index is 1.68. The molecule has 2 heterocycles. The van der Waals surface area contributed by atoms with Gasteiger partial charge in [0.15, 0.2) is 11.5 Å². The maximum atomic E-state index is 12.0. The van der Waals surface area contributed by atoms with Crippen LogP contribution in [0.15, 0.2) is 0 Å². The topological polar surface area (TPSA) is 51.2 Å². The van der Waals surface area contributed by atoms with Gasteiger partial charge in [0, 0.05) is 0 Å². The van der Waals surface area contributed by atoms with Crippen LogP contribution >= 0.6 is 0 Å². The van der Waals surface area contributed by atoms with E-state index in [2.05, 4.69) is 0 Å². The molecule has 5 heteroatoms. The molecule has 0 aromatic carbocycles. The van der Waals surface area contributed by atoms with Crippen molar-refractivity contribution in [3.63, 3.8) is 0 Å². The highest BCUT2D eigenvalue weighted by molar-refractivity contribution is 7.99. The maximum absolute atomic E-state index is 12.0. The molecule has 0 spiro atoms. The third kappa shape index (κ3) is 4.43. The summed E-state index contributed by atoms with van der Waals surface area (Å²) in [5.41, 5.74) is 0. The lowest BCUT2D eigenvalue weighted by Crippen LogP contribution is -2.35. The molecule has 0 amide bonds. The van der Waals surface area contributed by atoms with Gasteiger partial charge in [0.05, 0.1) is 25.7 Å². The summed E-state index contributed by atoms with van der Waals surface area (Å²) in [6.45, 7) is 0. The molecular formula is C13H20O3S2+2. The predicted octanol–water partition coefficient (Wildman–Crippen LogP) is 0.518. The summed E-state index contributed by atoms with van der Waals surface area (Å²) in [6, 6.07) is 0. The Morgan fingerprint density at radius 2 is 1.11 bits per heavy atom. The Morgan fingerprint density at radius 1 is 0.778 bits per heavy atom. The van der Waals surface area contributed by atoms with Crippen molar-refractivity contribution in [3.8, 4) is 0 Å². The van der Waals surface area contributed by atoms with Crippen molar-refractivity contribution in [1.29, 1.82) is 0 Å². The first-order valence-corrected chi connectivity index (χ1v) is 9.93. The first-order valence-electron chi connectivity index (χ1n) is 6.47. The predicted molar refractivity (Wildman–Crippen MR) is 77.4 cm³/mol. The van der Waals surface area contributed by atoms with E-state index in [0.717, 1.165) is 23.0 Å². The van der Waals surface area contributed by atoms with E-state index in [1.54, 1.807) is 0 Å². The number of rotatable bonds is 4. The van der Waals surface area contributed by atoms with Gasteiger partial charge in [-0.2, -0.15) is 0 Å². The van der Waals surface area contributed by atoms with E-state index in [1.165, 1.54) is 0 Å². The highest BCUT2D eigenvalue weighted by atomic mass is 32.2. The van der Waals surface area contributed by atoms with Gasteiger partial charge < -0.3 is 0 Å². The summed E-state index contributed by atoms with van der Waals surface area (Å²) < 4.78 is 0. The molecule has 2 saturated heterocycles. The lowest BCUT2D eigenvalue weighted by molar-refractivity contribution is -0.119. The fourth-order valence-electron chi connectivity index (χ4n) is 2.27. The molecule has 0 bridgehead atoms. The fraction of sp³-hybridized carbons (Fsp3) is 0.769. The van der Waals surface area contributed by atoms with Gasteiger partial charge >= 0.3 is 0 Å². The van der Waals surface area contributed by atoms with Crippen molar-refractivity contribution in [3.05, 3.63) is 0 Å². The van der Waals surface area contributed by atoms with E-state index in [-0.39, 0.29) is 21.8 Å². The molecule has 2 rings (SSSR count). The highest BCUT2D eigenvalue weighted by Crippen LogP contribution is 2.14. The molecule has 0 radical (unpaired) electrons. The van der Waals surface area contributed by atoms with E-state index in [9.17, 15) is 14.4 Å². The summed E-state index contributed by atoms with van der Waals surface area (Å²) in [4.78, 5) is 34.2. The summed E-state index contributed by atoms with van der Waals surface area (Å²) in [5, 5.41) is 0. The van der Waals surface area contributed by atoms with Crippen molar-refractivity contribution in [2.75, 3.05) is 34.5 Å². The van der Waals surface area contributed by atoms with Gasteiger partial charge in [-0.25, -0.2) is 0 Å². The van der Waals surface area contributed by atoms with E-state index >= 15 is 0 Å².